The van der Waals surface area contributed by atoms with E-state index in [4.69, 9.17) is 0 Å². The van der Waals surface area contributed by atoms with Gasteiger partial charge in [-0.15, -0.1) is 0 Å². The molecule has 0 aromatic heterocycles. The molecule has 0 aliphatic carbocycles. The lowest BCUT2D eigenvalue weighted by Crippen LogP contribution is -1.92. The quantitative estimate of drug-likeness (QED) is 0.702. The van der Waals surface area contributed by atoms with Crippen LogP contribution in [0.2, 0.25) is 0 Å². The molecule has 0 heterocycles. The molecule has 0 saturated carbocycles. The first kappa shape index (κ1) is 9.90. The molecule has 0 bridgehead atoms. The number of hydrogen-bond acceptors (Lipinski definition) is 2. The number of phenolic OH excluding ortho intramolecular Hbond substituents is 2. The lowest BCUT2D eigenvalue weighted by molar-refractivity contribution is 0.399. The van der Waals surface area contributed by atoms with E-state index in [-0.39, 0.29) is 11.5 Å². The summed E-state index contributed by atoms with van der Waals surface area (Å²) in [5.41, 5.74) is 2.02. The summed E-state index contributed by atoms with van der Waals surface area (Å²) in [5.74, 6) is 0.0325. The Morgan fingerprint density at radius 3 is 2.38 bits per heavy atom. The van der Waals surface area contributed by atoms with Crippen LogP contribution in [-0.4, -0.2) is 10.2 Å². The molecular weight excluding hydrogens is 164 g/mol. The zero-order chi connectivity index (χ0) is 9.84. The van der Waals surface area contributed by atoms with Gasteiger partial charge in [-0.1, -0.05) is 26.3 Å². The summed E-state index contributed by atoms with van der Waals surface area (Å²) in [4.78, 5) is 0. The lowest BCUT2D eigenvalue weighted by atomic mass is 10.00. The predicted octanol–water partition coefficient (Wildman–Crippen LogP) is 2.61. The minimum atomic E-state index is -0.0169. The van der Waals surface area contributed by atoms with Gasteiger partial charge in [-0.2, -0.15) is 0 Å². The molecule has 2 nitrogen and oxygen atoms in total. The van der Waals surface area contributed by atoms with E-state index in [1.165, 1.54) is 0 Å². The minimum absolute atomic E-state index is 0.0169. The maximum atomic E-state index is 9.56. The Bertz CT molecular complexity index is 292. The third-order valence-electron chi connectivity index (χ3n) is 2.23. The Morgan fingerprint density at radius 2 is 1.85 bits per heavy atom. The summed E-state index contributed by atoms with van der Waals surface area (Å²) in [7, 11) is 0. The van der Waals surface area contributed by atoms with Gasteiger partial charge in [0.15, 0.2) is 11.5 Å². The monoisotopic (exact) mass is 180 g/mol. The first-order chi connectivity index (χ1) is 6.20. The first-order valence-corrected chi connectivity index (χ1v) is 4.73. The molecule has 0 saturated heterocycles. The number of rotatable bonds is 3. The van der Waals surface area contributed by atoms with E-state index >= 15 is 0 Å². The molecule has 0 fully saturated rings. The zero-order valence-corrected chi connectivity index (χ0v) is 8.17. The van der Waals surface area contributed by atoms with E-state index in [2.05, 4.69) is 6.92 Å². The van der Waals surface area contributed by atoms with E-state index in [0.717, 1.165) is 30.4 Å². The summed E-state index contributed by atoms with van der Waals surface area (Å²) in [6.07, 6.45) is 2.77. The van der Waals surface area contributed by atoms with Crippen molar-refractivity contribution in [2.24, 2.45) is 0 Å². The van der Waals surface area contributed by atoms with Gasteiger partial charge in [-0.3, -0.25) is 0 Å². The molecule has 0 aliphatic rings. The first-order valence-electron chi connectivity index (χ1n) is 4.73. The molecule has 0 aliphatic heterocycles. The van der Waals surface area contributed by atoms with Crippen LogP contribution in [0.1, 0.15) is 31.4 Å². The minimum Gasteiger partial charge on any atom is -0.504 e. The Kier molecular flexibility index (Phi) is 3.18. The van der Waals surface area contributed by atoms with Gasteiger partial charge >= 0.3 is 0 Å². The van der Waals surface area contributed by atoms with Crippen LogP contribution in [-0.2, 0) is 12.8 Å². The van der Waals surface area contributed by atoms with E-state index < -0.39 is 0 Å². The van der Waals surface area contributed by atoms with Crippen molar-refractivity contribution in [1.82, 2.24) is 0 Å². The smallest absolute Gasteiger partial charge is 0.160 e. The fourth-order valence-electron chi connectivity index (χ4n) is 1.56. The maximum absolute atomic E-state index is 9.56. The van der Waals surface area contributed by atoms with Gasteiger partial charge in [0.05, 0.1) is 0 Å². The van der Waals surface area contributed by atoms with Gasteiger partial charge < -0.3 is 10.2 Å². The molecule has 1 aromatic rings. The Labute approximate surface area is 78.8 Å². The average Bonchev–Trinajstić information content (AvgIpc) is 2.12. The summed E-state index contributed by atoms with van der Waals surface area (Å²) in [5, 5.41) is 18.8. The van der Waals surface area contributed by atoms with Crippen molar-refractivity contribution in [1.29, 1.82) is 0 Å². The summed E-state index contributed by atoms with van der Waals surface area (Å²) in [6, 6.07) is 3.44. The van der Waals surface area contributed by atoms with E-state index in [1.54, 1.807) is 6.07 Å². The molecule has 0 radical (unpaired) electrons. The fourth-order valence-corrected chi connectivity index (χ4v) is 1.56. The Hall–Kier alpha value is -1.18. The number of phenols is 2. The van der Waals surface area contributed by atoms with Crippen LogP contribution in [0, 0.1) is 0 Å². The molecular formula is C11H16O2. The maximum Gasteiger partial charge on any atom is 0.160 e. The predicted molar refractivity (Wildman–Crippen MR) is 53.1 cm³/mol. The van der Waals surface area contributed by atoms with Crippen molar-refractivity contribution >= 4 is 0 Å². The molecule has 0 atom stereocenters. The van der Waals surface area contributed by atoms with Gasteiger partial charge in [0.2, 0.25) is 0 Å². The third-order valence-corrected chi connectivity index (χ3v) is 2.23. The van der Waals surface area contributed by atoms with Crippen LogP contribution in [0.25, 0.3) is 0 Å². The second kappa shape index (κ2) is 4.17. The average molecular weight is 180 g/mol. The number of benzene rings is 1. The van der Waals surface area contributed by atoms with Crippen LogP contribution < -0.4 is 0 Å². The molecule has 1 aromatic carbocycles. The van der Waals surface area contributed by atoms with Crippen molar-refractivity contribution < 1.29 is 10.2 Å². The highest BCUT2D eigenvalue weighted by Gasteiger charge is 2.09. The molecule has 0 amide bonds. The molecule has 2 N–H and O–H groups in total. The summed E-state index contributed by atoms with van der Waals surface area (Å²) in [6.45, 7) is 4.08. The number of aryl methyl sites for hydroxylation is 1. The second-order valence-corrected chi connectivity index (χ2v) is 3.17. The molecule has 2 heteroatoms. The molecule has 13 heavy (non-hydrogen) atoms. The van der Waals surface area contributed by atoms with Crippen LogP contribution in [0.15, 0.2) is 12.1 Å². The van der Waals surface area contributed by atoms with Gasteiger partial charge in [0.1, 0.15) is 0 Å². The summed E-state index contributed by atoms with van der Waals surface area (Å²) < 4.78 is 0. The SMILES string of the molecule is CCCc1ccc(O)c(O)c1CC. The van der Waals surface area contributed by atoms with Crippen LogP contribution in [0.5, 0.6) is 11.5 Å². The Balaban J connectivity index is 3.13. The molecule has 0 unspecified atom stereocenters. The van der Waals surface area contributed by atoms with Crippen molar-refractivity contribution in [2.75, 3.05) is 0 Å². The van der Waals surface area contributed by atoms with Gasteiger partial charge in [0.25, 0.3) is 0 Å². The highest BCUT2D eigenvalue weighted by Crippen LogP contribution is 2.32. The van der Waals surface area contributed by atoms with Crippen molar-refractivity contribution in [2.45, 2.75) is 33.1 Å². The van der Waals surface area contributed by atoms with Crippen molar-refractivity contribution in [3.8, 4) is 11.5 Å². The third kappa shape index (κ3) is 1.94. The molecule has 1 rings (SSSR count). The topological polar surface area (TPSA) is 40.5 Å². The molecule has 72 valence electrons. The van der Waals surface area contributed by atoms with E-state index in [1.807, 2.05) is 13.0 Å². The van der Waals surface area contributed by atoms with Crippen LogP contribution in [0.4, 0.5) is 0 Å². The van der Waals surface area contributed by atoms with Gasteiger partial charge in [-0.25, -0.2) is 0 Å². The Morgan fingerprint density at radius 1 is 1.15 bits per heavy atom. The van der Waals surface area contributed by atoms with Crippen molar-refractivity contribution in [3.05, 3.63) is 23.3 Å². The van der Waals surface area contributed by atoms with Gasteiger partial charge in [0, 0.05) is 5.56 Å². The largest absolute Gasteiger partial charge is 0.504 e. The summed E-state index contributed by atoms with van der Waals surface area (Å²) >= 11 is 0. The molecule has 0 spiro atoms. The highest BCUT2D eigenvalue weighted by molar-refractivity contribution is 5.48. The van der Waals surface area contributed by atoms with Crippen LogP contribution >= 0.6 is 0 Å². The number of hydrogen-bond donors (Lipinski definition) is 2. The second-order valence-electron chi connectivity index (χ2n) is 3.17. The lowest BCUT2D eigenvalue weighted by Gasteiger charge is -2.09. The number of aromatic hydroxyl groups is 2. The highest BCUT2D eigenvalue weighted by atomic mass is 16.3. The van der Waals surface area contributed by atoms with E-state index in [0.29, 0.717) is 0 Å². The van der Waals surface area contributed by atoms with Crippen LogP contribution in [0.3, 0.4) is 0 Å². The standard InChI is InChI=1S/C11H16O2/c1-3-5-8-6-7-10(12)11(13)9(8)4-2/h6-7,12-13H,3-5H2,1-2H3. The fraction of sp³-hybridized carbons (Fsp3) is 0.455. The van der Waals surface area contributed by atoms with Gasteiger partial charge in [-0.05, 0) is 24.5 Å². The van der Waals surface area contributed by atoms with E-state index in [9.17, 15) is 10.2 Å². The normalized spacial score (nSPS) is 10.3. The zero-order valence-electron chi connectivity index (χ0n) is 8.17. The van der Waals surface area contributed by atoms with Crippen molar-refractivity contribution in [3.63, 3.8) is 0 Å².